The standard InChI is InChI=1S/C14H17N5O/c20-14(5-8-19-9-7-16-18-19)17-12-3-4-13-11(10-12)2-1-6-15-13/h3-4,7,9-10,15H,1-2,5-6,8H2,(H,17,20). The molecule has 0 bridgehead atoms. The summed E-state index contributed by atoms with van der Waals surface area (Å²) in [6.45, 7) is 1.56. The molecule has 0 atom stereocenters. The second kappa shape index (κ2) is 5.73. The molecule has 2 heterocycles. The SMILES string of the molecule is O=C(CCn1ccnn1)Nc1ccc2c(c1)CCCN2. The van der Waals surface area contributed by atoms with Crippen molar-refractivity contribution < 1.29 is 4.79 Å². The number of carbonyl (C=O) groups excluding carboxylic acids is 1. The molecule has 0 spiro atoms. The molecule has 104 valence electrons. The molecule has 1 aliphatic rings. The average molecular weight is 271 g/mol. The number of aryl methyl sites for hydroxylation is 2. The van der Waals surface area contributed by atoms with E-state index < -0.39 is 0 Å². The van der Waals surface area contributed by atoms with Crippen molar-refractivity contribution in [1.29, 1.82) is 0 Å². The van der Waals surface area contributed by atoms with E-state index in [2.05, 4.69) is 27.0 Å². The van der Waals surface area contributed by atoms with Gasteiger partial charge < -0.3 is 10.6 Å². The fraction of sp³-hybridized carbons (Fsp3) is 0.357. The van der Waals surface area contributed by atoms with Gasteiger partial charge in [-0.05, 0) is 36.6 Å². The Kier molecular flexibility index (Phi) is 3.62. The minimum absolute atomic E-state index is 0.00998. The lowest BCUT2D eigenvalue weighted by Gasteiger charge is -2.18. The number of rotatable bonds is 4. The first-order valence-electron chi connectivity index (χ1n) is 6.82. The van der Waals surface area contributed by atoms with E-state index in [1.54, 1.807) is 17.1 Å². The third-order valence-corrected chi connectivity index (χ3v) is 3.37. The summed E-state index contributed by atoms with van der Waals surface area (Å²) in [6, 6.07) is 6.01. The first kappa shape index (κ1) is 12.7. The molecule has 6 nitrogen and oxygen atoms in total. The number of carbonyl (C=O) groups is 1. The van der Waals surface area contributed by atoms with Gasteiger partial charge in [-0.3, -0.25) is 9.48 Å². The number of aromatic nitrogens is 3. The Balaban J connectivity index is 1.58. The van der Waals surface area contributed by atoms with E-state index in [1.165, 1.54) is 11.3 Å². The number of nitrogens with zero attached hydrogens (tertiary/aromatic N) is 3. The first-order valence-corrected chi connectivity index (χ1v) is 6.82. The van der Waals surface area contributed by atoms with E-state index in [0.717, 1.165) is 25.1 Å². The molecule has 0 radical (unpaired) electrons. The summed E-state index contributed by atoms with van der Waals surface area (Å²) in [5.74, 6) is -0.00998. The predicted molar refractivity (Wildman–Crippen MR) is 76.5 cm³/mol. The first-order chi connectivity index (χ1) is 9.81. The summed E-state index contributed by atoms with van der Waals surface area (Å²) in [4.78, 5) is 11.9. The second-order valence-electron chi connectivity index (χ2n) is 4.87. The summed E-state index contributed by atoms with van der Waals surface area (Å²) < 4.78 is 1.65. The van der Waals surface area contributed by atoms with Crippen LogP contribution in [-0.2, 0) is 17.8 Å². The maximum absolute atomic E-state index is 11.9. The molecule has 1 aromatic heterocycles. The van der Waals surface area contributed by atoms with Gasteiger partial charge in [0.05, 0.1) is 12.7 Å². The van der Waals surface area contributed by atoms with Crippen LogP contribution in [0.4, 0.5) is 11.4 Å². The van der Waals surface area contributed by atoms with Gasteiger partial charge in [0.2, 0.25) is 5.91 Å². The number of benzene rings is 1. The van der Waals surface area contributed by atoms with Crippen molar-refractivity contribution in [2.45, 2.75) is 25.8 Å². The van der Waals surface area contributed by atoms with Crippen LogP contribution in [0.15, 0.2) is 30.6 Å². The van der Waals surface area contributed by atoms with Crippen LogP contribution in [0, 0.1) is 0 Å². The van der Waals surface area contributed by atoms with Crippen LogP contribution in [0.25, 0.3) is 0 Å². The Morgan fingerprint density at radius 1 is 1.45 bits per heavy atom. The maximum atomic E-state index is 11.9. The fourth-order valence-corrected chi connectivity index (χ4v) is 2.34. The van der Waals surface area contributed by atoms with Gasteiger partial charge in [-0.2, -0.15) is 0 Å². The molecular formula is C14H17N5O. The largest absolute Gasteiger partial charge is 0.385 e. The second-order valence-corrected chi connectivity index (χ2v) is 4.87. The molecule has 0 aliphatic carbocycles. The molecule has 0 unspecified atom stereocenters. The van der Waals surface area contributed by atoms with E-state index >= 15 is 0 Å². The van der Waals surface area contributed by atoms with Crippen LogP contribution in [-0.4, -0.2) is 27.4 Å². The number of hydrogen-bond acceptors (Lipinski definition) is 4. The maximum Gasteiger partial charge on any atom is 0.226 e. The summed E-state index contributed by atoms with van der Waals surface area (Å²) in [6.07, 6.45) is 5.94. The normalized spacial score (nSPS) is 13.4. The highest BCUT2D eigenvalue weighted by Gasteiger charge is 2.10. The lowest BCUT2D eigenvalue weighted by Crippen LogP contribution is -2.16. The van der Waals surface area contributed by atoms with Gasteiger partial charge in [0.1, 0.15) is 0 Å². The minimum atomic E-state index is -0.00998. The number of nitrogens with one attached hydrogen (secondary N) is 2. The molecule has 3 rings (SSSR count). The monoisotopic (exact) mass is 271 g/mol. The number of amides is 1. The highest BCUT2D eigenvalue weighted by atomic mass is 16.1. The molecule has 2 N–H and O–H groups in total. The Hall–Kier alpha value is -2.37. The molecular weight excluding hydrogens is 254 g/mol. The van der Waals surface area contributed by atoms with Crippen molar-refractivity contribution in [2.24, 2.45) is 0 Å². The van der Waals surface area contributed by atoms with E-state index in [1.807, 2.05) is 12.1 Å². The minimum Gasteiger partial charge on any atom is -0.385 e. The van der Waals surface area contributed by atoms with Gasteiger partial charge in [0.15, 0.2) is 0 Å². The summed E-state index contributed by atoms with van der Waals surface area (Å²) in [5, 5.41) is 13.8. The Morgan fingerprint density at radius 2 is 2.40 bits per heavy atom. The van der Waals surface area contributed by atoms with E-state index in [-0.39, 0.29) is 5.91 Å². The quantitative estimate of drug-likeness (QED) is 0.887. The summed E-state index contributed by atoms with van der Waals surface area (Å²) in [7, 11) is 0. The number of fused-ring (bicyclic) bond motifs is 1. The van der Waals surface area contributed by atoms with E-state index in [9.17, 15) is 4.79 Å². The van der Waals surface area contributed by atoms with Crippen molar-refractivity contribution in [3.05, 3.63) is 36.2 Å². The Morgan fingerprint density at radius 3 is 3.25 bits per heavy atom. The van der Waals surface area contributed by atoms with Gasteiger partial charge in [-0.1, -0.05) is 5.21 Å². The molecule has 0 saturated carbocycles. The zero-order valence-corrected chi connectivity index (χ0v) is 11.2. The lowest BCUT2D eigenvalue weighted by molar-refractivity contribution is -0.116. The lowest BCUT2D eigenvalue weighted by atomic mass is 10.0. The number of hydrogen-bond donors (Lipinski definition) is 2. The van der Waals surface area contributed by atoms with Crippen LogP contribution >= 0.6 is 0 Å². The smallest absolute Gasteiger partial charge is 0.226 e. The summed E-state index contributed by atoms with van der Waals surface area (Å²) >= 11 is 0. The zero-order chi connectivity index (χ0) is 13.8. The van der Waals surface area contributed by atoms with Gasteiger partial charge in [-0.15, -0.1) is 5.10 Å². The van der Waals surface area contributed by atoms with Crippen LogP contribution in [0.2, 0.25) is 0 Å². The van der Waals surface area contributed by atoms with Gasteiger partial charge in [-0.25, -0.2) is 0 Å². The van der Waals surface area contributed by atoms with Gasteiger partial charge in [0, 0.05) is 30.5 Å². The molecule has 0 fully saturated rings. The molecule has 6 heteroatoms. The van der Waals surface area contributed by atoms with Crippen molar-refractivity contribution >= 4 is 17.3 Å². The fourth-order valence-electron chi connectivity index (χ4n) is 2.34. The summed E-state index contributed by atoms with van der Waals surface area (Å²) in [5.41, 5.74) is 3.30. The Bertz CT molecular complexity index is 594. The van der Waals surface area contributed by atoms with E-state index in [4.69, 9.17) is 0 Å². The zero-order valence-electron chi connectivity index (χ0n) is 11.2. The third-order valence-electron chi connectivity index (χ3n) is 3.37. The molecule has 0 saturated heterocycles. The van der Waals surface area contributed by atoms with Crippen molar-refractivity contribution in [3.8, 4) is 0 Å². The number of anilines is 2. The third kappa shape index (κ3) is 2.96. The van der Waals surface area contributed by atoms with Crippen molar-refractivity contribution in [3.63, 3.8) is 0 Å². The average Bonchev–Trinajstić information content (AvgIpc) is 2.98. The Labute approximate surface area is 117 Å². The van der Waals surface area contributed by atoms with Gasteiger partial charge in [0.25, 0.3) is 0 Å². The van der Waals surface area contributed by atoms with Crippen molar-refractivity contribution in [2.75, 3.05) is 17.2 Å². The molecule has 2 aromatic rings. The van der Waals surface area contributed by atoms with Gasteiger partial charge >= 0.3 is 0 Å². The molecule has 20 heavy (non-hydrogen) atoms. The van der Waals surface area contributed by atoms with E-state index in [0.29, 0.717) is 13.0 Å². The van der Waals surface area contributed by atoms with Crippen LogP contribution in [0.1, 0.15) is 18.4 Å². The highest BCUT2D eigenvalue weighted by Crippen LogP contribution is 2.25. The highest BCUT2D eigenvalue weighted by molar-refractivity contribution is 5.91. The topological polar surface area (TPSA) is 71.8 Å². The van der Waals surface area contributed by atoms with Crippen LogP contribution in [0.5, 0.6) is 0 Å². The van der Waals surface area contributed by atoms with Crippen molar-refractivity contribution in [1.82, 2.24) is 15.0 Å². The predicted octanol–water partition coefficient (Wildman–Crippen LogP) is 1.66. The molecule has 1 aromatic carbocycles. The molecule has 1 amide bonds. The van der Waals surface area contributed by atoms with Crippen LogP contribution < -0.4 is 10.6 Å². The molecule has 1 aliphatic heterocycles. The van der Waals surface area contributed by atoms with Crippen LogP contribution in [0.3, 0.4) is 0 Å².